The summed E-state index contributed by atoms with van der Waals surface area (Å²) in [6.07, 6.45) is 10.6. The highest BCUT2D eigenvalue weighted by atomic mass is 35.5. The minimum absolute atomic E-state index is 0.0763. The Morgan fingerprint density at radius 3 is 2.65 bits per heavy atom. The van der Waals surface area contributed by atoms with Crippen LogP contribution in [0.1, 0.15) is 36.4 Å². The summed E-state index contributed by atoms with van der Waals surface area (Å²) >= 11 is 6.16. The highest BCUT2D eigenvalue weighted by Crippen LogP contribution is 2.39. The molecule has 0 aliphatic heterocycles. The van der Waals surface area contributed by atoms with Crippen molar-refractivity contribution in [1.29, 1.82) is 0 Å². The molecular weight excluding hydrogens is 410 g/mol. The third-order valence-electron chi connectivity index (χ3n) is 5.67. The van der Waals surface area contributed by atoms with Gasteiger partial charge in [0.25, 0.3) is 0 Å². The predicted molar refractivity (Wildman–Crippen MR) is 120 cm³/mol. The van der Waals surface area contributed by atoms with Crippen LogP contribution in [0.4, 0.5) is 0 Å². The van der Waals surface area contributed by atoms with Crippen LogP contribution in [0.3, 0.4) is 0 Å². The Hall–Kier alpha value is -3.03. The molecule has 0 bridgehead atoms. The zero-order valence-corrected chi connectivity index (χ0v) is 18.3. The predicted octanol–water partition coefficient (Wildman–Crippen LogP) is 4.36. The lowest BCUT2D eigenvalue weighted by Crippen LogP contribution is -2.24. The van der Waals surface area contributed by atoms with E-state index in [4.69, 9.17) is 16.6 Å². The van der Waals surface area contributed by atoms with E-state index >= 15 is 0 Å². The lowest BCUT2D eigenvalue weighted by atomic mass is 10.1. The third kappa shape index (κ3) is 4.11. The molecule has 1 atom stereocenters. The summed E-state index contributed by atoms with van der Waals surface area (Å²) in [5.41, 5.74) is 3.03. The molecule has 0 N–H and O–H groups in total. The summed E-state index contributed by atoms with van der Waals surface area (Å²) in [6, 6.07) is 12.3. The van der Waals surface area contributed by atoms with Crippen LogP contribution in [0, 0.1) is 0 Å². The molecule has 3 heterocycles. The van der Waals surface area contributed by atoms with E-state index in [0.717, 1.165) is 35.0 Å². The number of likely N-dealkylation sites (N-methyl/N-ethyl adjacent to an activating group) is 1. The van der Waals surface area contributed by atoms with E-state index < -0.39 is 0 Å². The molecule has 1 aromatic carbocycles. The van der Waals surface area contributed by atoms with Gasteiger partial charge in [-0.25, -0.2) is 4.98 Å². The van der Waals surface area contributed by atoms with E-state index in [9.17, 15) is 0 Å². The molecule has 1 aliphatic carbocycles. The number of aromatic nitrogens is 6. The second-order valence-electron chi connectivity index (χ2n) is 8.15. The van der Waals surface area contributed by atoms with E-state index in [0.29, 0.717) is 11.1 Å². The Morgan fingerprint density at radius 1 is 1.13 bits per heavy atom. The summed E-state index contributed by atoms with van der Waals surface area (Å²) in [7, 11) is 4.15. The molecule has 0 unspecified atom stereocenters. The molecule has 1 saturated carbocycles. The maximum Gasteiger partial charge on any atom is 0.164 e. The first-order valence-electron chi connectivity index (χ1n) is 10.4. The van der Waals surface area contributed by atoms with Crippen molar-refractivity contribution in [3.63, 3.8) is 0 Å². The Morgan fingerprint density at radius 2 is 1.94 bits per heavy atom. The summed E-state index contributed by atoms with van der Waals surface area (Å²) in [5.74, 6) is 1.91. The summed E-state index contributed by atoms with van der Waals surface area (Å²) in [5, 5.41) is 9.84. The van der Waals surface area contributed by atoms with E-state index in [1.165, 1.54) is 12.8 Å². The van der Waals surface area contributed by atoms with Gasteiger partial charge in [0.05, 0.1) is 18.1 Å². The first-order chi connectivity index (χ1) is 15.1. The van der Waals surface area contributed by atoms with Crippen LogP contribution in [0.15, 0.2) is 61.3 Å². The smallest absolute Gasteiger partial charge is 0.164 e. The van der Waals surface area contributed by atoms with Crippen molar-refractivity contribution in [3.05, 3.63) is 77.9 Å². The second kappa shape index (κ2) is 8.24. The van der Waals surface area contributed by atoms with Crippen molar-refractivity contribution >= 4 is 11.6 Å². The highest BCUT2D eigenvalue weighted by molar-refractivity contribution is 6.30. The Kier molecular flexibility index (Phi) is 5.29. The van der Waals surface area contributed by atoms with Crippen molar-refractivity contribution in [2.45, 2.75) is 31.3 Å². The quantitative estimate of drug-likeness (QED) is 0.433. The molecule has 5 rings (SSSR count). The number of hydrogen-bond donors (Lipinski definition) is 0. The zero-order valence-electron chi connectivity index (χ0n) is 17.6. The van der Waals surface area contributed by atoms with Crippen molar-refractivity contribution in [1.82, 2.24) is 34.2 Å². The summed E-state index contributed by atoms with van der Waals surface area (Å²) in [6.45, 7) is 0. The average molecular weight is 434 g/mol. The molecule has 1 aliphatic rings. The minimum atomic E-state index is 0.0763. The fraction of sp³-hybridized carbons (Fsp3) is 0.304. The van der Waals surface area contributed by atoms with Gasteiger partial charge in [-0.3, -0.25) is 4.98 Å². The number of benzene rings is 1. The van der Waals surface area contributed by atoms with Gasteiger partial charge in [0.2, 0.25) is 0 Å². The van der Waals surface area contributed by atoms with Crippen LogP contribution in [-0.2, 0) is 6.42 Å². The van der Waals surface area contributed by atoms with Gasteiger partial charge in [0.1, 0.15) is 5.82 Å². The van der Waals surface area contributed by atoms with Gasteiger partial charge >= 0.3 is 0 Å². The number of imidazole rings is 1. The van der Waals surface area contributed by atoms with Gasteiger partial charge in [-0.2, -0.15) is 0 Å². The van der Waals surface area contributed by atoms with Crippen LogP contribution in [0.25, 0.3) is 17.1 Å². The second-order valence-corrected chi connectivity index (χ2v) is 8.58. The van der Waals surface area contributed by atoms with Crippen LogP contribution >= 0.6 is 11.6 Å². The standard InChI is InChI=1S/C23H24ClN7/c1-29(2)21(20-14-30(15-26-20)19-5-3-4-17(24)12-19)13-22-27-28-23(31(22)18-6-7-18)16-8-10-25-11-9-16/h3-5,8-12,14-15,18,21H,6-7,13H2,1-2H3/t21-/m0/s1. The lowest BCUT2D eigenvalue weighted by molar-refractivity contribution is 0.286. The molecule has 0 radical (unpaired) electrons. The third-order valence-corrected chi connectivity index (χ3v) is 5.90. The SMILES string of the molecule is CN(C)[C@@H](Cc1nnc(-c2ccncc2)n1C1CC1)c1cn(-c2cccc(Cl)c2)cn1. The topological polar surface area (TPSA) is 64.7 Å². The number of nitrogens with zero attached hydrogens (tertiary/aromatic N) is 7. The molecule has 31 heavy (non-hydrogen) atoms. The maximum atomic E-state index is 6.16. The Bertz CT molecular complexity index is 1180. The Labute approximate surface area is 186 Å². The van der Waals surface area contributed by atoms with Crippen molar-refractivity contribution in [2.75, 3.05) is 14.1 Å². The van der Waals surface area contributed by atoms with Crippen LogP contribution < -0.4 is 0 Å². The van der Waals surface area contributed by atoms with Gasteiger partial charge < -0.3 is 14.0 Å². The van der Waals surface area contributed by atoms with Crippen LogP contribution in [0.2, 0.25) is 5.02 Å². The number of halogens is 1. The molecule has 1 fully saturated rings. The molecule has 0 saturated heterocycles. The monoisotopic (exact) mass is 433 g/mol. The normalized spacial score (nSPS) is 14.8. The van der Waals surface area contributed by atoms with Gasteiger partial charge in [-0.05, 0) is 57.3 Å². The fourth-order valence-electron chi connectivity index (χ4n) is 3.89. The van der Waals surface area contributed by atoms with Crippen molar-refractivity contribution in [3.8, 4) is 17.1 Å². The largest absolute Gasteiger partial charge is 0.308 e. The number of rotatable bonds is 7. The molecular formula is C23H24ClN7. The van der Waals surface area contributed by atoms with Gasteiger partial charge in [0.15, 0.2) is 5.82 Å². The zero-order chi connectivity index (χ0) is 21.4. The minimum Gasteiger partial charge on any atom is -0.308 e. The molecule has 7 nitrogen and oxygen atoms in total. The summed E-state index contributed by atoms with van der Waals surface area (Å²) < 4.78 is 4.31. The molecule has 0 spiro atoms. The average Bonchev–Trinajstić information content (AvgIpc) is 3.33. The van der Waals surface area contributed by atoms with E-state index in [2.05, 4.69) is 44.9 Å². The van der Waals surface area contributed by atoms with Gasteiger partial charge in [0, 0.05) is 47.3 Å². The lowest BCUT2D eigenvalue weighted by Gasteiger charge is -2.22. The highest BCUT2D eigenvalue weighted by Gasteiger charge is 2.31. The van der Waals surface area contributed by atoms with E-state index in [1.54, 1.807) is 12.4 Å². The molecule has 4 aromatic rings. The number of pyridine rings is 1. The van der Waals surface area contributed by atoms with Crippen molar-refractivity contribution < 1.29 is 0 Å². The Balaban J connectivity index is 1.46. The van der Waals surface area contributed by atoms with Gasteiger partial charge in [-0.15, -0.1) is 10.2 Å². The molecule has 0 amide bonds. The molecule has 3 aromatic heterocycles. The van der Waals surface area contributed by atoms with E-state index in [1.807, 2.05) is 47.3 Å². The maximum absolute atomic E-state index is 6.16. The summed E-state index contributed by atoms with van der Waals surface area (Å²) in [4.78, 5) is 11.0. The van der Waals surface area contributed by atoms with Crippen molar-refractivity contribution in [2.24, 2.45) is 0 Å². The first-order valence-corrected chi connectivity index (χ1v) is 10.8. The number of hydrogen-bond acceptors (Lipinski definition) is 5. The first kappa shape index (κ1) is 19.9. The fourth-order valence-corrected chi connectivity index (χ4v) is 4.07. The molecule has 158 valence electrons. The van der Waals surface area contributed by atoms with Crippen LogP contribution in [-0.4, -0.2) is 48.3 Å². The molecule has 8 heteroatoms. The van der Waals surface area contributed by atoms with E-state index in [-0.39, 0.29) is 6.04 Å². The van der Waals surface area contributed by atoms with Gasteiger partial charge in [-0.1, -0.05) is 17.7 Å². The van der Waals surface area contributed by atoms with Crippen LogP contribution in [0.5, 0.6) is 0 Å².